The molecule has 8 nitrogen and oxygen atoms in total. The van der Waals surface area contributed by atoms with Gasteiger partial charge < -0.3 is 20.8 Å². The van der Waals surface area contributed by atoms with Crippen molar-refractivity contribution in [3.8, 4) is 5.75 Å². The second-order valence-corrected chi connectivity index (χ2v) is 6.34. The van der Waals surface area contributed by atoms with Crippen molar-refractivity contribution < 1.29 is 15.0 Å². The summed E-state index contributed by atoms with van der Waals surface area (Å²) in [6, 6.07) is 6.95. The number of rotatable bonds is 6. The van der Waals surface area contributed by atoms with Gasteiger partial charge in [0.1, 0.15) is 23.6 Å². The minimum absolute atomic E-state index is 0.149. The molecule has 0 unspecified atom stereocenters. The van der Waals surface area contributed by atoms with Gasteiger partial charge in [-0.25, -0.2) is 9.97 Å². The SMILES string of the molecule is CNc1cc(C(=O)NC[C@@H](O)CN2CCc3cc(O)ccc3C2)ncn1. The van der Waals surface area contributed by atoms with E-state index in [1.807, 2.05) is 6.07 Å². The van der Waals surface area contributed by atoms with Crippen LogP contribution in [0.2, 0.25) is 0 Å². The average molecular weight is 357 g/mol. The number of benzene rings is 1. The van der Waals surface area contributed by atoms with Gasteiger partial charge in [-0.3, -0.25) is 9.69 Å². The van der Waals surface area contributed by atoms with Gasteiger partial charge in [0.2, 0.25) is 0 Å². The monoisotopic (exact) mass is 357 g/mol. The van der Waals surface area contributed by atoms with E-state index in [1.165, 1.54) is 6.33 Å². The van der Waals surface area contributed by atoms with Crippen LogP contribution >= 0.6 is 0 Å². The highest BCUT2D eigenvalue weighted by atomic mass is 16.3. The Morgan fingerprint density at radius 2 is 2.15 bits per heavy atom. The van der Waals surface area contributed by atoms with Gasteiger partial charge in [0.25, 0.3) is 5.91 Å². The Morgan fingerprint density at radius 3 is 2.96 bits per heavy atom. The van der Waals surface area contributed by atoms with Gasteiger partial charge in [0.15, 0.2) is 0 Å². The lowest BCUT2D eigenvalue weighted by atomic mass is 9.99. The number of aliphatic hydroxyl groups excluding tert-OH is 1. The minimum Gasteiger partial charge on any atom is -0.508 e. The fourth-order valence-corrected chi connectivity index (χ4v) is 3.04. The number of carbonyl (C=O) groups excluding carboxylic acids is 1. The summed E-state index contributed by atoms with van der Waals surface area (Å²) in [6.45, 7) is 2.14. The van der Waals surface area contributed by atoms with Crippen molar-refractivity contribution in [1.29, 1.82) is 0 Å². The number of nitrogens with zero attached hydrogens (tertiary/aromatic N) is 3. The van der Waals surface area contributed by atoms with E-state index in [0.717, 1.165) is 30.6 Å². The molecule has 1 aromatic carbocycles. The van der Waals surface area contributed by atoms with Gasteiger partial charge >= 0.3 is 0 Å². The number of hydrogen-bond donors (Lipinski definition) is 4. The van der Waals surface area contributed by atoms with Crippen LogP contribution in [0.5, 0.6) is 5.75 Å². The van der Waals surface area contributed by atoms with E-state index in [0.29, 0.717) is 12.4 Å². The molecule has 1 aliphatic heterocycles. The lowest BCUT2D eigenvalue weighted by Crippen LogP contribution is -2.42. The minimum atomic E-state index is -0.678. The Kier molecular flexibility index (Phi) is 5.65. The lowest BCUT2D eigenvalue weighted by molar-refractivity contribution is 0.0838. The van der Waals surface area contributed by atoms with E-state index in [9.17, 15) is 15.0 Å². The topological polar surface area (TPSA) is 111 Å². The fourth-order valence-electron chi connectivity index (χ4n) is 3.04. The van der Waals surface area contributed by atoms with Crippen LogP contribution in [0.4, 0.5) is 5.82 Å². The molecule has 138 valence electrons. The molecule has 1 amide bonds. The van der Waals surface area contributed by atoms with Gasteiger partial charge in [-0.15, -0.1) is 0 Å². The summed E-state index contributed by atoms with van der Waals surface area (Å²) < 4.78 is 0. The number of aromatic nitrogens is 2. The molecule has 0 aliphatic carbocycles. The number of aromatic hydroxyl groups is 1. The predicted molar refractivity (Wildman–Crippen MR) is 97.0 cm³/mol. The second-order valence-electron chi connectivity index (χ2n) is 6.34. The van der Waals surface area contributed by atoms with Crippen LogP contribution in [0, 0.1) is 0 Å². The van der Waals surface area contributed by atoms with Crippen LogP contribution in [0.3, 0.4) is 0 Å². The normalized spacial score (nSPS) is 15.2. The van der Waals surface area contributed by atoms with Gasteiger partial charge in [-0.1, -0.05) is 6.07 Å². The predicted octanol–water partition coefficient (Wildman–Crippen LogP) is 0.373. The van der Waals surface area contributed by atoms with Gasteiger partial charge in [0, 0.05) is 39.3 Å². The van der Waals surface area contributed by atoms with Crippen molar-refractivity contribution in [3.05, 3.63) is 47.4 Å². The van der Waals surface area contributed by atoms with Gasteiger partial charge in [-0.2, -0.15) is 0 Å². The Morgan fingerprint density at radius 1 is 1.31 bits per heavy atom. The molecule has 26 heavy (non-hydrogen) atoms. The maximum atomic E-state index is 12.1. The number of anilines is 1. The first-order valence-electron chi connectivity index (χ1n) is 8.54. The van der Waals surface area contributed by atoms with Crippen LogP contribution < -0.4 is 10.6 Å². The Balaban J connectivity index is 1.49. The molecular weight excluding hydrogens is 334 g/mol. The molecular formula is C18H23N5O3. The first-order valence-corrected chi connectivity index (χ1v) is 8.54. The third kappa shape index (κ3) is 4.47. The van der Waals surface area contributed by atoms with Gasteiger partial charge in [0.05, 0.1) is 6.10 Å². The zero-order valence-corrected chi connectivity index (χ0v) is 14.6. The number of phenolic OH excluding ortho intramolecular Hbond substituents is 1. The molecule has 2 aromatic rings. The van der Waals surface area contributed by atoms with E-state index >= 15 is 0 Å². The first-order chi connectivity index (χ1) is 12.5. The second kappa shape index (κ2) is 8.11. The van der Waals surface area contributed by atoms with Gasteiger partial charge in [-0.05, 0) is 29.7 Å². The number of fused-ring (bicyclic) bond motifs is 1. The molecule has 4 N–H and O–H groups in total. The highest BCUT2D eigenvalue weighted by Crippen LogP contribution is 2.23. The molecule has 0 saturated carbocycles. The van der Waals surface area contributed by atoms with E-state index in [1.54, 1.807) is 25.2 Å². The Bertz CT molecular complexity index is 783. The Labute approximate surface area is 151 Å². The largest absolute Gasteiger partial charge is 0.508 e. The molecule has 0 radical (unpaired) electrons. The molecule has 0 fully saturated rings. The number of hydrogen-bond acceptors (Lipinski definition) is 7. The van der Waals surface area contributed by atoms with Crippen LogP contribution in [0.1, 0.15) is 21.6 Å². The summed E-state index contributed by atoms with van der Waals surface area (Å²) in [7, 11) is 1.71. The van der Waals surface area contributed by atoms with Crippen molar-refractivity contribution in [2.75, 3.05) is 32.0 Å². The fraction of sp³-hybridized carbons (Fsp3) is 0.389. The number of amides is 1. The van der Waals surface area contributed by atoms with Crippen LogP contribution in [-0.4, -0.2) is 63.8 Å². The summed E-state index contributed by atoms with van der Waals surface area (Å²) in [5, 5.41) is 25.3. The zero-order chi connectivity index (χ0) is 18.5. The van der Waals surface area contributed by atoms with E-state index < -0.39 is 6.10 Å². The molecule has 8 heteroatoms. The van der Waals surface area contributed by atoms with E-state index in [-0.39, 0.29) is 23.9 Å². The van der Waals surface area contributed by atoms with Crippen molar-refractivity contribution in [1.82, 2.24) is 20.2 Å². The summed E-state index contributed by atoms with van der Waals surface area (Å²) in [5.41, 5.74) is 2.56. The summed E-state index contributed by atoms with van der Waals surface area (Å²) in [6.07, 6.45) is 1.47. The molecule has 3 rings (SSSR count). The standard InChI is InChI=1S/C18H23N5O3/c1-19-17-7-16(21-11-22-17)18(26)20-8-15(25)10-23-5-4-12-6-14(24)3-2-13(12)9-23/h2-3,6-7,11,15,24-25H,4-5,8-10H2,1H3,(H,20,26)(H,19,21,22)/t15-/m1/s1. The van der Waals surface area contributed by atoms with Crippen LogP contribution in [0.25, 0.3) is 0 Å². The molecule has 0 bridgehead atoms. The molecule has 1 atom stereocenters. The maximum absolute atomic E-state index is 12.1. The molecule has 1 aliphatic rings. The van der Waals surface area contributed by atoms with Crippen molar-refractivity contribution in [2.24, 2.45) is 0 Å². The number of aliphatic hydroxyl groups is 1. The van der Waals surface area contributed by atoms with E-state index in [4.69, 9.17) is 0 Å². The number of carbonyl (C=O) groups is 1. The van der Waals surface area contributed by atoms with Crippen LogP contribution in [-0.2, 0) is 13.0 Å². The quantitative estimate of drug-likeness (QED) is 0.591. The number of β-amino-alcohol motifs (C(OH)–C–C–N with tert-alkyl or cyclic N) is 1. The van der Waals surface area contributed by atoms with Crippen molar-refractivity contribution in [3.63, 3.8) is 0 Å². The van der Waals surface area contributed by atoms with Crippen molar-refractivity contribution in [2.45, 2.75) is 19.1 Å². The molecule has 1 aromatic heterocycles. The first kappa shape index (κ1) is 18.1. The highest BCUT2D eigenvalue weighted by Gasteiger charge is 2.19. The summed E-state index contributed by atoms with van der Waals surface area (Å²) in [4.78, 5) is 22.2. The van der Waals surface area contributed by atoms with E-state index in [2.05, 4.69) is 25.5 Å². The molecule has 0 spiro atoms. The number of phenols is 1. The Hall–Kier alpha value is -2.71. The molecule has 0 saturated heterocycles. The maximum Gasteiger partial charge on any atom is 0.270 e. The van der Waals surface area contributed by atoms with Crippen molar-refractivity contribution >= 4 is 11.7 Å². The number of nitrogens with one attached hydrogen (secondary N) is 2. The molecule has 2 heterocycles. The third-order valence-corrected chi connectivity index (χ3v) is 4.40. The zero-order valence-electron chi connectivity index (χ0n) is 14.6. The smallest absolute Gasteiger partial charge is 0.270 e. The third-order valence-electron chi connectivity index (χ3n) is 4.40. The van der Waals surface area contributed by atoms with Crippen LogP contribution in [0.15, 0.2) is 30.6 Å². The average Bonchev–Trinajstić information content (AvgIpc) is 2.66. The summed E-state index contributed by atoms with van der Waals surface area (Å²) >= 11 is 0. The summed E-state index contributed by atoms with van der Waals surface area (Å²) in [5.74, 6) is 0.497. The highest BCUT2D eigenvalue weighted by molar-refractivity contribution is 5.92. The lowest BCUT2D eigenvalue weighted by Gasteiger charge is -2.30.